The van der Waals surface area contributed by atoms with Crippen LogP contribution in [0.15, 0.2) is 27.7 Å². The SMILES string of the molecule is CCc1noc(CC)c1CNC(=NC)NCCc1cc(C)ccc1OC. The van der Waals surface area contributed by atoms with Crippen LogP contribution in [0.1, 0.15) is 42.0 Å². The number of hydrogen-bond acceptors (Lipinski definition) is 4. The van der Waals surface area contributed by atoms with Gasteiger partial charge in [0.2, 0.25) is 0 Å². The second kappa shape index (κ2) is 9.85. The van der Waals surface area contributed by atoms with Gasteiger partial charge >= 0.3 is 0 Å². The van der Waals surface area contributed by atoms with E-state index in [2.05, 4.69) is 53.7 Å². The minimum Gasteiger partial charge on any atom is -0.496 e. The highest BCUT2D eigenvalue weighted by Gasteiger charge is 2.13. The van der Waals surface area contributed by atoms with Crippen molar-refractivity contribution in [1.29, 1.82) is 0 Å². The highest BCUT2D eigenvalue weighted by Crippen LogP contribution is 2.19. The third kappa shape index (κ3) is 5.00. The van der Waals surface area contributed by atoms with Gasteiger partial charge in [0.15, 0.2) is 5.96 Å². The topological polar surface area (TPSA) is 71.7 Å². The summed E-state index contributed by atoms with van der Waals surface area (Å²) in [7, 11) is 3.48. The Hall–Kier alpha value is -2.50. The van der Waals surface area contributed by atoms with Crippen LogP contribution in [0.25, 0.3) is 0 Å². The molecule has 0 saturated heterocycles. The number of aryl methyl sites for hydroxylation is 3. The van der Waals surface area contributed by atoms with E-state index in [1.54, 1.807) is 14.2 Å². The fourth-order valence-electron chi connectivity index (χ4n) is 2.95. The Labute approximate surface area is 156 Å². The molecule has 0 spiro atoms. The Morgan fingerprint density at radius 2 is 2.04 bits per heavy atom. The number of ether oxygens (including phenoxy) is 1. The lowest BCUT2D eigenvalue weighted by atomic mass is 10.1. The van der Waals surface area contributed by atoms with E-state index < -0.39 is 0 Å². The molecular formula is C20H30N4O2. The third-order valence-corrected chi connectivity index (χ3v) is 4.39. The zero-order chi connectivity index (χ0) is 18.9. The lowest BCUT2D eigenvalue weighted by Gasteiger charge is -2.14. The number of aliphatic imine (C=N–C) groups is 1. The first-order valence-electron chi connectivity index (χ1n) is 9.17. The zero-order valence-corrected chi connectivity index (χ0v) is 16.5. The Morgan fingerprint density at radius 1 is 1.23 bits per heavy atom. The molecule has 0 fully saturated rings. The minimum absolute atomic E-state index is 0.656. The van der Waals surface area contributed by atoms with Gasteiger partial charge in [-0.3, -0.25) is 4.99 Å². The summed E-state index contributed by atoms with van der Waals surface area (Å²) in [5, 5.41) is 10.9. The molecule has 2 N–H and O–H groups in total. The van der Waals surface area contributed by atoms with Crippen molar-refractivity contribution in [2.75, 3.05) is 20.7 Å². The van der Waals surface area contributed by atoms with E-state index in [0.717, 1.165) is 54.5 Å². The summed E-state index contributed by atoms with van der Waals surface area (Å²) in [6.07, 6.45) is 2.56. The molecule has 1 aromatic carbocycles. The summed E-state index contributed by atoms with van der Waals surface area (Å²) < 4.78 is 10.9. The van der Waals surface area contributed by atoms with Crippen molar-refractivity contribution in [2.45, 2.75) is 46.6 Å². The maximum Gasteiger partial charge on any atom is 0.191 e. The van der Waals surface area contributed by atoms with Crippen LogP contribution in [0.3, 0.4) is 0 Å². The number of rotatable bonds is 8. The monoisotopic (exact) mass is 358 g/mol. The number of nitrogens with one attached hydrogen (secondary N) is 2. The van der Waals surface area contributed by atoms with Gasteiger partial charge in [0, 0.05) is 32.1 Å². The largest absolute Gasteiger partial charge is 0.496 e. The molecule has 0 bridgehead atoms. The summed E-state index contributed by atoms with van der Waals surface area (Å²) in [5.74, 6) is 2.63. The highest BCUT2D eigenvalue weighted by molar-refractivity contribution is 5.79. The van der Waals surface area contributed by atoms with E-state index in [1.165, 1.54) is 11.1 Å². The molecule has 0 unspecified atom stereocenters. The van der Waals surface area contributed by atoms with E-state index in [1.807, 2.05) is 6.07 Å². The predicted octanol–water partition coefficient (Wildman–Crippen LogP) is 3.02. The Bertz CT molecular complexity index is 716. The molecule has 0 amide bonds. The summed E-state index contributed by atoms with van der Waals surface area (Å²) in [5.41, 5.74) is 4.57. The Morgan fingerprint density at radius 3 is 2.69 bits per heavy atom. The lowest BCUT2D eigenvalue weighted by Crippen LogP contribution is -2.38. The van der Waals surface area contributed by atoms with Crippen molar-refractivity contribution < 1.29 is 9.26 Å². The van der Waals surface area contributed by atoms with Crippen LogP contribution >= 0.6 is 0 Å². The molecule has 26 heavy (non-hydrogen) atoms. The zero-order valence-electron chi connectivity index (χ0n) is 16.5. The van der Waals surface area contributed by atoms with E-state index in [-0.39, 0.29) is 0 Å². The van der Waals surface area contributed by atoms with Gasteiger partial charge in [-0.1, -0.05) is 36.7 Å². The molecular weight excluding hydrogens is 328 g/mol. The molecule has 6 heteroatoms. The smallest absolute Gasteiger partial charge is 0.191 e. The van der Waals surface area contributed by atoms with Crippen molar-refractivity contribution in [3.05, 3.63) is 46.3 Å². The van der Waals surface area contributed by atoms with Crippen molar-refractivity contribution in [3.63, 3.8) is 0 Å². The van der Waals surface area contributed by atoms with Gasteiger partial charge in [0.05, 0.1) is 12.8 Å². The van der Waals surface area contributed by atoms with E-state index >= 15 is 0 Å². The van der Waals surface area contributed by atoms with Crippen molar-refractivity contribution in [1.82, 2.24) is 15.8 Å². The average Bonchev–Trinajstić information content (AvgIpc) is 3.06. The number of aromatic nitrogens is 1. The van der Waals surface area contributed by atoms with Crippen molar-refractivity contribution >= 4 is 5.96 Å². The Balaban J connectivity index is 1.91. The maximum atomic E-state index is 5.44. The van der Waals surface area contributed by atoms with Crippen LogP contribution in [-0.2, 0) is 25.8 Å². The van der Waals surface area contributed by atoms with Crippen molar-refractivity contribution in [3.8, 4) is 5.75 Å². The van der Waals surface area contributed by atoms with E-state index in [0.29, 0.717) is 6.54 Å². The molecule has 142 valence electrons. The second-order valence-corrected chi connectivity index (χ2v) is 6.16. The first kappa shape index (κ1) is 19.8. The number of methoxy groups -OCH3 is 1. The van der Waals surface area contributed by atoms with Gasteiger partial charge in [-0.25, -0.2) is 0 Å². The fourth-order valence-corrected chi connectivity index (χ4v) is 2.95. The summed E-state index contributed by atoms with van der Waals surface area (Å²) in [6.45, 7) is 7.68. The van der Waals surface area contributed by atoms with Crippen LogP contribution in [0.2, 0.25) is 0 Å². The molecule has 1 aromatic heterocycles. The summed E-state index contributed by atoms with van der Waals surface area (Å²) in [6, 6.07) is 6.24. The quantitative estimate of drug-likeness (QED) is 0.561. The standard InChI is InChI=1S/C20H30N4O2/c1-6-17-16(18(7-2)26-24-17)13-23-20(21-4)22-11-10-15-12-14(3)8-9-19(15)25-5/h8-9,12H,6-7,10-11,13H2,1-5H3,(H2,21,22,23). The Kier molecular flexibility index (Phi) is 7.51. The number of nitrogens with zero attached hydrogens (tertiary/aromatic N) is 2. The molecule has 0 saturated carbocycles. The molecule has 0 aliphatic rings. The van der Waals surface area contributed by atoms with E-state index in [9.17, 15) is 0 Å². The molecule has 0 aliphatic heterocycles. The van der Waals surface area contributed by atoms with Gasteiger partial charge in [0.1, 0.15) is 11.5 Å². The predicted molar refractivity (Wildman–Crippen MR) is 105 cm³/mol. The van der Waals surface area contributed by atoms with Gasteiger partial charge in [0.25, 0.3) is 0 Å². The number of benzene rings is 1. The minimum atomic E-state index is 0.656. The average molecular weight is 358 g/mol. The molecule has 0 aliphatic carbocycles. The van der Waals surface area contributed by atoms with Gasteiger partial charge in [-0.15, -0.1) is 0 Å². The van der Waals surface area contributed by atoms with E-state index in [4.69, 9.17) is 9.26 Å². The molecule has 2 rings (SSSR count). The summed E-state index contributed by atoms with van der Waals surface area (Å²) >= 11 is 0. The normalized spacial score (nSPS) is 11.5. The van der Waals surface area contributed by atoms with Crippen LogP contribution in [-0.4, -0.2) is 31.8 Å². The van der Waals surface area contributed by atoms with Gasteiger partial charge in [-0.2, -0.15) is 0 Å². The fraction of sp³-hybridized carbons (Fsp3) is 0.500. The second-order valence-electron chi connectivity index (χ2n) is 6.16. The molecule has 1 heterocycles. The van der Waals surface area contributed by atoms with Gasteiger partial charge in [-0.05, 0) is 31.4 Å². The number of guanidine groups is 1. The lowest BCUT2D eigenvalue weighted by molar-refractivity contribution is 0.380. The molecule has 0 atom stereocenters. The molecule has 6 nitrogen and oxygen atoms in total. The highest BCUT2D eigenvalue weighted by atomic mass is 16.5. The first-order chi connectivity index (χ1) is 12.6. The molecule has 2 aromatic rings. The maximum absolute atomic E-state index is 5.44. The van der Waals surface area contributed by atoms with Crippen LogP contribution in [0.4, 0.5) is 0 Å². The van der Waals surface area contributed by atoms with Crippen molar-refractivity contribution in [2.24, 2.45) is 4.99 Å². The van der Waals surface area contributed by atoms with Crippen LogP contribution in [0.5, 0.6) is 5.75 Å². The van der Waals surface area contributed by atoms with Crippen LogP contribution < -0.4 is 15.4 Å². The van der Waals surface area contributed by atoms with Gasteiger partial charge < -0.3 is 19.9 Å². The third-order valence-electron chi connectivity index (χ3n) is 4.39. The molecule has 0 radical (unpaired) electrons. The summed E-state index contributed by atoms with van der Waals surface area (Å²) in [4.78, 5) is 4.30. The number of hydrogen-bond donors (Lipinski definition) is 2. The first-order valence-corrected chi connectivity index (χ1v) is 9.17. The van der Waals surface area contributed by atoms with Crippen LogP contribution in [0, 0.1) is 6.92 Å².